The first-order valence-electron chi connectivity index (χ1n) is 7.61. The van der Waals surface area contributed by atoms with Crippen molar-refractivity contribution >= 4 is 10.8 Å². The van der Waals surface area contributed by atoms with Crippen LogP contribution < -0.4 is 0 Å². The van der Waals surface area contributed by atoms with E-state index < -0.39 is 0 Å². The predicted molar refractivity (Wildman–Crippen MR) is 83.7 cm³/mol. The van der Waals surface area contributed by atoms with Gasteiger partial charge in [-0.3, -0.25) is 0 Å². The van der Waals surface area contributed by atoms with Crippen molar-refractivity contribution in [1.29, 1.82) is 0 Å². The lowest BCUT2D eigenvalue weighted by Gasteiger charge is -2.32. The Balaban J connectivity index is 1.73. The molecule has 0 aliphatic carbocycles. The molecule has 2 heteroatoms. The number of hydrogen-bond acceptors (Lipinski definition) is 2. The Kier molecular flexibility index (Phi) is 4.04. The van der Waals surface area contributed by atoms with Gasteiger partial charge in [0.05, 0.1) is 6.10 Å². The fraction of sp³-hybridized carbons (Fsp3) is 0.444. The molecule has 1 N–H and O–H groups in total. The summed E-state index contributed by atoms with van der Waals surface area (Å²) in [5.41, 5.74) is 1.03. The van der Waals surface area contributed by atoms with Crippen LogP contribution in [-0.4, -0.2) is 29.6 Å². The molecule has 1 aliphatic heterocycles. The Bertz CT molecular complexity index is 580. The van der Waals surface area contributed by atoms with Crippen molar-refractivity contribution in [1.82, 2.24) is 4.90 Å². The van der Waals surface area contributed by atoms with Gasteiger partial charge in [-0.1, -0.05) is 43.3 Å². The van der Waals surface area contributed by atoms with Crippen LogP contribution in [0.2, 0.25) is 0 Å². The molecule has 0 spiro atoms. The van der Waals surface area contributed by atoms with Crippen molar-refractivity contribution in [2.45, 2.75) is 25.9 Å². The summed E-state index contributed by atoms with van der Waals surface area (Å²) in [4.78, 5) is 2.40. The lowest BCUT2D eigenvalue weighted by atomic mass is 9.98. The summed E-state index contributed by atoms with van der Waals surface area (Å²) < 4.78 is 0. The highest BCUT2D eigenvalue weighted by molar-refractivity contribution is 5.83. The highest BCUT2D eigenvalue weighted by Crippen LogP contribution is 2.23. The maximum atomic E-state index is 10.5. The topological polar surface area (TPSA) is 23.5 Å². The molecule has 0 bridgehead atoms. The third-order valence-electron chi connectivity index (χ3n) is 4.33. The number of fused-ring (bicyclic) bond motifs is 1. The zero-order chi connectivity index (χ0) is 13.9. The highest BCUT2D eigenvalue weighted by Gasteiger charge is 2.19. The van der Waals surface area contributed by atoms with Crippen LogP contribution in [0.4, 0.5) is 0 Å². The molecule has 0 aromatic heterocycles. The number of β-amino-alcohol motifs (C(OH)–C–C–N with tert-alkyl or cyclic N) is 1. The van der Waals surface area contributed by atoms with Crippen molar-refractivity contribution in [3.8, 4) is 0 Å². The normalized spacial score (nSPS) is 22.0. The fourth-order valence-electron chi connectivity index (χ4n) is 3.22. The van der Waals surface area contributed by atoms with Crippen molar-refractivity contribution in [3.63, 3.8) is 0 Å². The quantitative estimate of drug-likeness (QED) is 0.920. The summed E-state index contributed by atoms with van der Waals surface area (Å²) in [6, 6.07) is 14.6. The molecule has 0 saturated carbocycles. The molecule has 1 fully saturated rings. The Morgan fingerprint density at radius 2 is 2.00 bits per heavy atom. The minimum absolute atomic E-state index is 0.384. The first kappa shape index (κ1) is 13.6. The van der Waals surface area contributed by atoms with Crippen LogP contribution in [0.25, 0.3) is 10.8 Å². The van der Waals surface area contributed by atoms with Gasteiger partial charge >= 0.3 is 0 Å². The van der Waals surface area contributed by atoms with E-state index in [-0.39, 0.29) is 6.10 Å². The zero-order valence-electron chi connectivity index (χ0n) is 12.1. The number of aliphatic hydroxyl groups excluding tert-OH is 1. The molecule has 1 heterocycles. The van der Waals surface area contributed by atoms with Crippen molar-refractivity contribution < 1.29 is 5.11 Å². The standard InChI is InChI=1S/C18H23NO/c1-14-5-4-10-19(12-14)13-18(20)17-9-8-15-6-2-3-7-16(15)11-17/h2-3,6-9,11,14,18,20H,4-5,10,12-13H2,1H3. The van der Waals surface area contributed by atoms with E-state index in [1.165, 1.54) is 23.6 Å². The van der Waals surface area contributed by atoms with E-state index in [0.29, 0.717) is 0 Å². The van der Waals surface area contributed by atoms with E-state index in [9.17, 15) is 5.11 Å². The molecule has 20 heavy (non-hydrogen) atoms. The van der Waals surface area contributed by atoms with E-state index in [1.54, 1.807) is 0 Å². The molecule has 2 aromatic carbocycles. The smallest absolute Gasteiger partial charge is 0.0917 e. The van der Waals surface area contributed by atoms with Gasteiger partial charge in [-0.05, 0) is 47.7 Å². The molecule has 0 radical (unpaired) electrons. The molecule has 2 unspecified atom stereocenters. The molecule has 2 atom stereocenters. The van der Waals surface area contributed by atoms with Crippen molar-refractivity contribution in [2.24, 2.45) is 5.92 Å². The number of benzene rings is 2. The molecule has 106 valence electrons. The second-order valence-electron chi connectivity index (χ2n) is 6.13. The first-order valence-corrected chi connectivity index (χ1v) is 7.61. The summed E-state index contributed by atoms with van der Waals surface area (Å²) in [7, 11) is 0. The number of hydrogen-bond donors (Lipinski definition) is 1. The summed E-state index contributed by atoms with van der Waals surface area (Å²) >= 11 is 0. The number of likely N-dealkylation sites (tertiary alicyclic amines) is 1. The van der Waals surface area contributed by atoms with Crippen LogP contribution in [0, 0.1) is 5.92 Å². The summed E-state index contributed by atoms with van der Waals surface area (Å²) in [6.45, 7) is 5.29. The average molecular weight is 269 g/mol. The maximum absolute atomic E-state index is 10.5. The van der Waals surface area contributed by atoms with E-state index in [4.69, 9.17) is 0 Å². The van der Waals surface area contributed by atoms with Crippen molar-refractivity contribution in [3.05, 3.63) is 48.0 Å². The summed E-state index contributed by atoms with van der Waals surface area (Å²) in [6.07, 6.45) is 2.19. The molecular weight excluding hydrogens is 246 g/mol. The number of rotatable bonds is 3. The molecular formula is C18H23NO. The van der Waals surface area contributed by atoms with Gasteiger partial charge in [0.2, 0.25) is 0 Å². The molecule has 2 nitrogen and oxygen atoms in total. The van der Waals surface area contributed by atoms with Gasteiger partial charge in [0.15, 0.2) is 0 Å². The Hall–Kier alpha value is -1.38. The average Bonchev–Trinajstić information content (AvgIpc) is 2.47. The van der Waals surface area contributed by atoms with Crippen LogP contribution in [0.5, 0.6) is 0 Å². The van der Waals surface area contributed by atoms with Crippen molar-refractivity contribution in [2.75, 3.05) is 19.6 Å². The second-order valence-corrected chi connectivity index (χ2v) is 6.13. The first-order chi connectivity index (χ1) is 9.72. The maximum Gasteiger partial charge on any atom is 0.0917 e. The number of piperidine rings is 1. The second kappa shape index (κ2) is 5.94. The zero-order valence-corrected chi connectivity index (χ0v) is 12.1. The lowest BCUT2D eigenvalue weighted by Crippen LogP contribution is -2.37. The third-order valence-corrected chi connectivity index (χ3v) is 4.33. The largest absolute Gasteiger partial charge is 0.387 e. The van der Waals surface area contributed by atoms with Crippen LogP contribution in [0.1, 0.15) is 31.4 Å². The minimum Gasteiger partial charge on any atom is -0.387 e. The van der Waals surface area contributed by atoms with Crippen LogP contribution >= 0.6 is 0 Å². The van der Waals surface area contributed by atoms with Gasteiger partial charge in [0.25, 0.3) is 0 Å². The molecule has 2 aromatic rings. The van der Waals surface area contributed by atoms with E-state index >= 15 is 0 Å². The highest BCUT2D eigenvalue weighted by atomic mass is 16.3. The summed E-state index contributed by atoms with van der Waals surface area (Å²) in [5, 5.41) is 12.9. The Morgan fingerprint density at radius 3 is 2.80 bits per heavy atom. The SMILES string of the molecule is CC1CCCN(CC(O)c2ccc3ccccc3c2)C1. The van der Waals surface area contributed by atoms with E-state index in [0.717, 1.165) is 31.1 Å². The van der Waals surface area contributed by atoms with Gasteiger partial charge in [-0.25, -0.2) is 0 Å². The number of nitrogens with zero attached hydrogens (tertiary/aromatic N) is 1. The minimum atomic E-state index is -0.384. The molecule has 1 saturated heterocycles. The van der Waals surface area contributed by atoms with Gasteiger partial charge in [-0.2, -0.15) is 0 Å². The molecule has 3 rings (SSSR count). The predicted octanol–water partition coefficient (Wildman–Crippen LogP) is 3.61. The Labute approximate surface area is 121 Å². The van der Waals surface area contributed by atoms with E-state index in [2.05, 4.69) is 42.2 Å². The Morgan fingerprint density at radius 1 is 1.20 bits per heavy atom. The monoisotopic (exact) mass is 269 g/mol. The van der Waals surface area contributed by atoms with Crippen LogP contribution in [-0.2, 0) is 0 Å². The summed E-state index contributed by atoms with van der Waals surface area (Å²) in [5.74, 6) is 0.757. The van der Waals surface area contributed by atoms with Crippen LogP contribution in [0.15, 0.2) is 42.5 Å². The molecule has 1 aliphatic rings. The van der Waals surface area contributed by atoms with Gasteiger partial charge in [0, 0.05) is 13.1 Å². The molecule has 0 amide bonds. The number of aliphatic hydroxyl groups is 1. The van der Waals surface area contributed by atoms with Gasteiger partial charge in [0.1, 0.15) is 0 Å². The van der Waals surface area contributed by atoms with Crippen LogP contribution in [0.3, 0.4) is 0 Å². The third kappa shape index (κ3) is 3.02. The van der Waals surface area contributed by atoms with Gasteiger partial charge < -0.3 is 10.0 Å². The lowest BCUT2D eigenvalue weighted by molar-refractivity contribution is 0.0877. The van der Waals surface area contributed by atoms with E-state index in [1.807, 2.05) is 12.1 Å². The fourth-order valence-corrected chi connectivity index (χ4v) is 3.22. The van der Waals surface area contributed by atoms with Gasteiger partial charge in [-0.15, -0.1) is 0 Å².